The van der Waals surface area contributed by atoms with Crippen LogP contribution in [0, 0.1) is 6.92 Å². The number of anilines is 1. The number of imidazole rings is 1. The number of benzene rings is 1. The minimum atomic E-state index is -0.354. The first-order chi connectivity index (χ1) is 13.0. The average Bonchev–Trinajstić information content (AvgIpc) is 3.04. The van der Waals surface area contributed by atoms with Crippen LogP contribution in [0.3, 0.4) is 0 Å². The van der Waals surface area contributed by atoms with Crippen LogP contribution in [-0.2, 0) is 7.05 Å². The minimum absolute atomic E-state index is 0.236. The zero-order chi connectivity index (χ0) is 19.0. The van der Waals surface area contributed by atoms with E-state index in [0.717, 1.165) is 16.8 Å². The molecule has 134 valence electrons. The van der Waals surface area contributed by atoms with Crippen LogP contribution in [0.5, 0.6) is 0 Å². The Morgan fingerprint density at radius 3 is 2.56 bits per heavy atom. The van der Waals surface area contributed by atoms with Crippen molar-refractivity contribution >= 4 is 17.4 Å². The van der Waals surface area contributed by atoms with Crippen LogP contribution in [-0.4, -0.2) is 19.9 Å². The summed E-state index contributed by atoms with van der Waals surface area (Å²) in [4.78, 5) is 29.4. The van der Waals surface area contributed by atoms with Gasteiger partial charge in [0, 0.05) is 36.6 Å². The monoisotopic (exact) mass is 358 g/mol. The molecule has 0 radical (unpaired) electrons. The van der Waals surface area contributed by atoms with E-state index in [1.807, 2.05) is 60.0 Å². The van der Waals surface area contributed by atoms with Crippen molar-refractivity contribution in [2.75, 3.05) is 5.32 Å². The standard InChI is InChI=1S/C21H18N4O2/c1-14-7-6-11-25-19(14)22-18(15-8-4-3-5-9-15)20(25)23-21(27)16-10-12-24(2)17(26)13-16/h3-13H,1-2H3,(H,23,27). The molecule has 0 bridgehead atoms. The molecule has 0 aliphatic carbocycles. The highest BCUT2D eigenvalue weighted by molar-refractivity contribution is 6.05. The number of aryl methyl sites for hydroxylation is 2. The molecule has 0 saturated heterocycles. The predicted octanol–water partition coefficient (Wildman–Crippen LogP) is 3.26. The Kier molecular flexibility index (Phi) is 4.08. The van der Waals surface area contributed by atoms with Crippen LogP contribution in [0.1, 0.15) is 15.9 Å². The number of hydrogen-bond donors (Lipinski definition) is 1. The van der Waals surface area contributed by atoms with Gasteiger partial charge in [-0.3, -0.25) is 14.0 Å². The summed E-state index contributed by atoms with van der Waals surface area (Å²) in [6.07, 6.45) is 3.44. The molecule has 4 aromatic rings. The Hall–Kier alpha value is -3.67. The Labute approximate surface area is 155 Å². The van der Waals surface area contributed by atoms with Crippen LogP contribution in [0.4, 0.5) is 5.82 Å². The second-order valence-electron chi connectivity index (χ2n) is 6.38. The molecule has 0 aliphatic heterocycles. The van der Waals surface area contributed by atoms with E-state index in [-0.39, 0.29) is 11.5 Å². The Morgan fingerprint density at radius 1 is 1.04 bits per heavy atom. The van der Waals surface area contributed by atoms with Crippen molar-refractivity contribution in [3.63, 3.8) is 0 Å². The van der Waals surface area contributed by atoms with Crippen molar-refractivity contribution in [1.29, 1.82) is 0 Å². The number of carbonyl (C=O) groups is 1. The number of nitrogens with zero attached hydrogens (tertiary/aromatic N) is 3. The third-order valence-electron chi connectivity index (χ3n) is 4.49. The Balaban J connectivity index is 1.84. The fourth-order valence-corrected chi connectivity index (χ4v) is 2.99. The number of rotatable bonds is 3. The van der Waals surface area contributed by atoms with Crippen molar-refractivity contribution in [2.45, 2.75) is 6.92 Å². The summed E-state index contributed by atoms with van der Waals surface area (Å²) in [7, 11) is 1.64. The van der Waals surface area contributed by atoms with E-state index in [4.69, 9.17) is 4.98 Å². The van der Waals surface area contributed by atoms with Gasteiger partial charge in [-0.15, -0.1) is 0 Å². The number of nitrogens with one attached hydrogen (secondary N) is 1. The molecule has 0 aliphatic rings. The van der Waals surface area contributed by atoms with Gasteiger partial charge in [0.05, 0.1) is 0 Å². The van der Waals surface area contributed by atoms with Gasteiger partial charge in [-0.1, -0.05) is 36.4 Å². The van der Waals surface area contributed by atoms with Crippen LogP contribution in [0.2, 0.25) is 0 Å². The second kappa shape index (κ2) is 6.57. The van der Waals surface area contributed by atoms with Crippen molar-refractivity contribution in [3.8, 4) is 11.3 Å². The molecule has 1 N–H and O–H groups in total. The highest BCUT2D eigenvalue weighted by atomic mass is 16.2. The van der Waals surface area contributed by atoms with Crippen molar-refractivity contribution in [2.24, 2.45) is 7.05 Å². The first-order valence-electron chi connectivity index (χ1n) is 8.56. The quantitative estimate of drug-likeness (QED) is 0.611. The molecule has 0 atom stereocenters. The lowest BCUT2D eigenvalue weighted by atomic mass is 10.1. The molecule has 1 aromatic carbocycles. The molecule has 6 heteroatoms. The van der Waals surface area contributed by atoms with Crippen LogP contribution < -0.4 is 10.9 Å². The number of hydrogen-bond acceptors (Lipinski definition) is 3. The normalized spacial score (nSPS) is 10.9. The minimum Gasteiger partial charge on any atom is -0.319 e. The van der Waals surface area contributed by atoms with E-state index in [0.29, 0.717) is 17.1 Å². The third-order valence-corrected chi connectivity index (χ3v) is 4.49. The van der Waals surface area contributed by atoms with Crippen molar-refractivity contribution < 1.29 is 4.79 Å². The average molecular weight is 358 g/mol. The van der Waals surface area contributed by atoms with Gasteiger partial charge in [0.2, 0.25) is 0 Å². The fraction of sp³-hybridized carbons (Fsp3) is 0.0952. The summed E-state index contributed by atoms with van der Waals surface area (Å²) in [5.74, 6) is 0.221. The van der Waals surface area contributed by atoms with Crippen LogP contribution >= 0.6 is 0 Å². The Morgan fingerprint density at radius 2 is 1.81 bits per heavy atom. The molecule has 0 fully saturated rings. The van der Waals surface area contributed by atoms with E-state index >= 15 is 0 Å². The lowest BCUT2D eigenvalue weighted by Gasteiger charge is -2.08. The second-order valence-corrected chi connectivity index (χ2v) is 6.38. The van der Waals surface area contributed by atoms with Crippen molar-refractivity contribution in [3.05, 3.63) is 88.5 Å². The number of carbonyl (C=O) groups excluding carboxylic acids is 1. The first-order valence-corrected chi connectivity index (χ1v) is 8.56. The number of amides is 1. The van der Waals surface area contributed by atoms with Crippen LogP contribution in [0.25, 0.3) is 16.9 Å². The molecule has 4 rings (SSSR count). The summed E-state index contributed by atoms with van der Waals surface area (Å²) in [6.45, 7) is 1.98. The van der Waals surface area contributed by atoms with E-state index in [2.05, 4.69) is 5.32 Å². The van der Waals surface area contributed by atoms with Gasteiger partial charge < -0.3 is 9.88 Å². The largest absolute Gasteiger partial charge is 0.319 e. The van der Waals surface area contributed by atoms with Crippen LogP contribution in [0.15, 0.2) is 71.8 Å². The zero-order valence-electron chi connectivity index (χ0n) is 15.0. The topological polar surface area (TPSA) is 68.4 Å². The first kappa shape index (κ1) is 16.8. The van der Waals surface area contributed by atoms with Gasteiger partial charge in [-0.05, 0) is 24.6 Å². The maximum atomic E-state index is 12.8. The molecule has 3 aromatic heterocycles. The van der Waals surface area contributed by atoms with Gasteiger partial charge >= 0.3 is 0 Å². The van der Waals surface area contributed by atoms with Gasteiger partial charge in [0.1, 0.15) is 17.2 Å². The summed E-state index contributed by atoms with van der Waals surface area (Å²) in [5, 5.41) is 2.94. The smallest absolute Gasteiger partial charge is 0.257 e. The van der Waals surface area contributed by atoms with Crippen molar-refractivity contribution in [1.82, 2.24) is 14.0 Å². The molecule has 3 heterocycles. The van der Waals surface area contributed by atoms with E-state index in [9.17, 15) is 9.59 Å². The number of fused-ring (bicyclic) bond motifs is 1. The predicted molar refractivity (Wildman–Crippen MR) is 105 cm³/mol. The molecule has 0 saturated carbocycles. The maximum absolute atomic E-state index is 12.8. The van der Waals surface area contributed by atoms with Gasteiger partial charge in [0.15, 0.2) is 0 Å². The van der Waals surface area contributed by atoms with E-state index < -0.39 is 0 Å². The van der Waals surface area contributed by atoms with Gasteiger partial charge in [0.25, 0.3) is 11.5 Å². The molecule has 27 heavy (non-hydrogen) atoms. The zero-order valence-corrected chi connectivity index (χ0v) is 15.0. The lowest BCUT2D eigenvalue weighted by molar-refractivity contribution is 0.102. The van der Waals surface area contributed by atoms with Gasteiger partial charge in [-0.25, -0.2) is 4.98 Å². The molecular weight excluding hydrogens is 340 g/mol. The third kappa shape index (κ3) is 3.01. The molecule has 6 nitrogen and oxygen atoms in total. The fourth-order valence-electron chi connectivity index (χ4n) is 2.99. The van der Waals surface area contributed by atoms with Gasteiger partial charge in [-0.2, -0.15) is 0 Å². The number of pyridine rings is 2. The Bertz CT molecular complexity index is 1210. The highest BCUT2D eigenvalue weighted by Gasteiger charge is 2.18. The summed E-state index contributed by atoms with van der Waals surface area (Å²) < 4.78 is 3.28. The highest BCUT2D eigenvalue weighted by Crippen LogP contribution is 2.30. The van der Waals surface area contributed by atoms with E-state index in [1.165, 1.54) is 10.6 Å². The lowest BCUT2D eigenvalue weighted by Crippen LogP contribution is -2.20. The molecule has 1 amide bonds. The number of aromatic nitrogens is 3. The summed E-state index contributed by atoms with van der Waals surface area (Å²) >= 11 is 0. The molecule has 0 unspecified atom stereocenters. The van der Waals surface area contributed by atoms with E-state index in [1.54, 1.807) is 19.3 Å². The maximum Gasteiger partial charge on any atom is 0.257 e. The summed E-state index contributed by atoms with van der Waals surface area (Å²) in [5.41, 5.74) is 3.43. The summed E-state index contributed by atoms with van der Waals surface area (Å²) in [6, 6.07) is 16.5. The molecular formula is C21H18N4O2. The molecule has 0 spiro atoms. The SMILES string of the molecule is Cc1cccn2c(NC(=O)c3ccn(C)c(=O)c3)c(-c3ccccc3)nc12.